The van der Waals surface area contributed by atoms with Gasteiger partial charge in [-0.3, -0.25) is 0 Å². The van der Waals surface area contributed by atoms with Gasteiger partial charge in [-0.05, 0) is 6.42 Å². The molecule has 0 bridgehead atoms. The molecule has 1 saturated carbocycles. The van der Waals surface area contributed by atoms with Crippen LogP contribution in [0.15, 0.2) is 0 Å². The maximum Gasteiger partial charge on any atom is 0.0748 e. The maximum absolute atomic E-state index is 10.1. The van der Waals surface area contributed by atoms with Gasteiger partial charge in [0, 0.05) is 32.5 Å². The van der Waals surface area contributed by atoms with Gasteiger partial charge < -0.3 is 14.6 Å². The summed E-state index contributed by atoms with van der Waals surface area (Å²) in [6.45, 7) is 1.54. The number of aliphatic hydroxyl groups is 1. The summed E-state index contributed by atoms with van der Waals surface area (Å²) in [6, 6.07) is 0. The average Bonchev–Trinajstić information content (AvgIpc) is 2.50. The van der Waals surface area contributed by atoms with Gasteiger partial charge in [0.1, 0.15) is 0 Å². The van der Waals surface area contributed by atoms with E-state index in [1.165, 1.54) is 0 Å². The lowest BCUT2D eigenvalue weighted by Crippen LogP contribution is -2.53. The highest BCUT2D eigenvalue weighted by atomic mass is 16.5. The standard InChI is InChI=1S/C9H16O3/c1-11-8-4-9(10,5-8)7-2-3-12-6-7/h7-8,10H,2-6H2,1H3. The summed E-state index contributed by atoms with van der Waals surface area (Å²) >= 11 is 0. The Kier molecular flexibility index (Phi) is 2.10. The van der Waals surface area contributed by atoms with Crippen molar-refractivity contribution in [3.63, 3.8) is 0 Å². The summed E-state index contributed by atoms with van der Waals surface area (Å²) in [6.07, 6.45) is 2.86. The van der Waals surface area contributed by atoms with Gasteiger partial charge in [-0.2, -0.15) is 0 Å². The minimum atomic E-state index is -0.475. The second-order valence-corrected chi connectivity index (χ2v) is 3.93. The molecule has 1 saturated heterocycles. The fourth-order valence-corrected chi connectivity index (χ4v) is 2.19. The molecule has 0 radical (unpaired) electrons. The Morgan fingerprint density at radius 1 is 1.50 bits per heavy atom. The van der Waals surface area contributed by atoms with Crippen LogP contribution in [0.25, 0.3) is 0 Å². The van der Waals surface area contributed by atoms with E-state index in [0.29, 0.717) is 5.92 Å². The van der Waals surface area contributed by atoms with Crippen molar-refractivity contribution in [1.82, 2.24) is 0 Å². The van der Waals surface area contributed by atoms with E-state index in [4.69, 9.17) is 9.47 Å². The normalized spacial score (nSPS) is 47.5. The van der Waals surface area contributed by atoms with Crippen molar-refractivity contribution in [2.75, 3.05) is 20.3 Å². The number of hydrogen-bond acceptors (Lipinski definition) is 3. The predicted molar refractivity (Wildman–Crippen MR) is 43.9 cm³/mol. The molecule has 1 aliphatic carbocycles. The minimum Gasteiger partial charge on any atom is -0.389 e. The first-order chi connectivity index (χ1) is 5.74. The van der Waals surface area contributed by atoms with Crippen molar-refractivity contribution in [2.45, 2.75) is 31.0 Å². The van der Waals surface area contributed by atoms with Gasteiger partial charge in [-0.15, -0.1) is 0 Å². The highest BCUT2D eigenvalue weighted by Gasteiger charge is 2.49. The van der Waals surface area contributed by atoms with E-state index in [0.717, 1.165) is 32.5 Å². The Hall–Kier alpha value is -0.120. The number of hydrogen-bond donors (Lipinski definition) is 1. The highest BCUT2D eigenvalue weighted by Crippen LogP contribution is 2.43. The van der Waals surface area contributed by atoms with E-state index in [1.54, 1.807) is 7.11 Å². The zero-order chi connectivity index (χ0) is 8.60. The van der Waals surface area contributed by atoms with Crippen molar-refractivity contribution in [3.8, 4) is 0 Å². The molecule has 2 rings (SSSR count). The number of rotatable bonds is 2. The quantitative estimate of drug-likeness (QED) is 0.661. The predicted octanol–water partition coefficient (Wildman–Crippen LogP) is 0.563. The molecule has 1 heterocycles. The summed E-state index contributed by atoms with van der Waals surface area (Å²) in [5, 5.41) is 10.1. The van der Waals surface area contributed by atoms with Gasteiger partial charge in [-0.1, -0.05) is 0 Å². The van der Waals surface area contributed by atoms with Crippen LogP contribution in [0.3, 0.4) is 0 Å². The van der Waals surface area contributed by atoms with Crippen molar-refractivity contribution >= 4 is 0 Å². The molecular formula is C9H16O3. The fraction of sp³-hybridized carbons (Fsp3) is 1.00. The van der Waals surface area contributed by atoms with Crippen LogP contribution in [-0.4, -0.2) is 37.1 Å². The first-order valence-electron chi connectivity index (χ1n) is 4.57. The van der Waals surface area contributed by atoms with E-state index in [9.17, 15) is 5.11 Å². The van der Waals surface area contributed by atoms with E-state index in [1.807, 2.05) is 0 Å². The molecule has 0 amide bonds. The van der Waals surface area contributed by atoms with Gasteiger partial charge in [-0.25, -0.2) is 0 Å². The third kappa shape index (κ3) is 1.26. The molecule has 0 aromatic rings. The van der Waals surface area contributed by atoms with Crippen LogP contribution < -0.4 is 0 Å². The molecule has 3 heteroatoms. The third-order valence-electron chi connectivity index (χ3n) is 3.19. The van der Waals surface area contributed by atoms with Crippen LogP contribution in [0, 0.1) is 5.92 Å². The smallest absolute Gasteiger partial charge is 0.0748 e. The Morgan fingerprint density at radius 2 is 2.25 bits per heavy atom. The van der Waals surface area contributed by atoms with Gasteiger partial charge in [0.2, 0.25) is 0 Å². The minimum absolute atomic E-state index is 0.274. The number of methoxy groups -OCH3 is 1. The molecule has 70 valence electrons. The van der Waals surface area contributed by atoms with Gasteiger partial charge in [0.05, 0.1) is 18.3 Å². The Morgan fingerprint density at radius 3 is 2.75 bits per heavy atom. The molecule has 2 aliphatic rings. The molecule has 0 aromatic carbocycles. The molecule has 12 heavy (non-hydrogen) atoms. The molecular weight excluding hydrogens is 156 g/mol. The molecule has 2 fully saturated rings. The Labute approximate surface area is 72.7 Å². The first-order valence-corrected chi connectivity index (χ1v) is 4.57. The van der Waals surface area contributed by atoms with Crippen LogP contribution in [0.1, 0.15) is 19.3 Å². The van der Waals surface area contributed by atoms with Gasteiger partial charge in [0.15, 0.2) is 0 Å². The first kappa shape index (κ1) is 8.48. The lowest BCUT2D eigenvalue weighted by Gasteiger charge is -2.46. The van der Waals surface area contributed by atoms with Crippen LogP contribution in [-0.2, 0) is 9.47 Å². The number of ether oxygens (including phenoxy) is 2. The molecule has 0 spiro atoms. The monoisotopic (exact) mass is 172 g/mol. The second-order valence-electron chi connectivity index (χ2n) is 3.93. The molecule has 0 aromatic heterocycles. The molecule has 1 aliphatic heterocycles. The highest BCUT2D eigenvalue weighted by molar-refractivity contribution is 5.00. The largest absolute Gasteiger partial charge is 0.389 e. The van der Waals surface area contributed by atoms with E-state index < -0.39 is 5.60 Å². The van der Waals surface area contributed by atoms with Crippen molar-refractivity contribution in [3.05, 3.63) is 0 Å². The van der Waals surface area contributed by atoms with E-state index in [-0.39, 0.29) is 6.10 Å². The van der Waals surface area contributed by atoms with Crippen molar-refractivity contribution in [1.29, 1.82) is 0 Å². The van der Waals surface area contributed by atoms with Gasteiger partial charge >= 0.3 is 0 Å². The summed E-state index contributed by atoms with van der Waals surface area (Å²) in [5.74, 6) is 0.351. The Bertz CT molecular complexity index is 157. The zero-order valence-electron chi connectivity index (χ0n) is 7.45. The SMILES string of the molecule is COC1CC(O)(C2CCOC2)C1. The fourth-order valence-electron chi connectivity index (χ4n) is 2.19. The van der Waals surface area contributed by atoms with Crippen molar-refractivity contribution < 1.29 is 14.6 Å². The lowest BCUT2D eigenvalue weighted by molar-refractivity contribution is -0.158. The van der Waals surface area contributed by atoms with Crippen LogP contribution >= 0.6 is 0 Å². The van der Waals surface area contributed by atoms with E-state index in [2.05, 4.69) is 0 Å². The zero-order valence-corrected chi connectivity index (χ0v) is 7.45. The molecule has 1 atom stereocenters. The topological polar surface area (TPSA) is 38.7 Å². The summed E-state index contributed by atoms with van der Waals surface area (Å²) < 4.78 is 10.4. The second kappa shape index (κ2) is 2.98. The van der Waals surface area contributed by atoms with E-state index >= 15 is 0 Å². The average molecular weight is 172 g/mol. The summed E-state index contributed by atoms with van der Waals surface area (Å²) in [4.78, 5) is 0. The Balaban J connectivity index is 1.87. The molecule has 1 N–H and O–H groups in total. The van der Waals surface area contributed by atoms with Gasteiger partial charge in [0.25, 0.3) is 0 Å². The van der Waals surface area contributed by atoms with Crippen LogP contribution in [0.5, 0.6) is 0 Å². The summed E-state index contributed by atoms with van der Waals surface area (Å²) in [7, 11) is 1.70. The van der Waals surface area contributed by atoms with Crippen LogP contribution in [0.4, 0.5) is 0 Å². The molecule has 3 nitrogen and oxygen atoms in total. The lowest BCUT2D eigenvalue weighted by atomic mass is 9.69. The van der Waals surface area contributed by atoms with Crippen LogP contribution in [0.2, 0.25) is 0 Å². The summed E-state index contributed by atoms with van der Waals surface area (Å²) in [5.41, 5.74) is -0.475. The maximum atomic E-state index is 10.1. The third-order valence-corrected chi connectivity index (χ3v) is 3.19. The van der Waals surface area contributed by atoms with Crippen molar-refractivity contribution in [2.24, 2.45) is 5.92 Å². The molecule has 1 unspecified atom stereocenters.